The van der Waals surface area contributed by atoms with Crippen molar-refractivity contribution in [2.75, 3.05) is 26.3 Å². The van der Waals surface area contributed by atoms with Gasteiger partial charge in [0.2, 0.25) is 0 Å². The van der Waals surface area contributed by atoms with Gasteiger partial charge in [-0.2, -0.15) is 0 Å². The van der Waals surface area contributed by atoms with E-state index >= 15 is 0 Å². The van der Waals surface area contributed by atoms with E-state index < -0.39 is 0 Å². The molecule has 8 heteroatoms. The topological polar surface area (TPSA) is 80.8 Å². The van der Waals surface area contributed by atoms with Crippen LogP contribution >= 0.6 is 11.3 Å². The zero-order valence-electron chi connectivity index (χ0n) is 17.1. The van der Waals surface area contributed by atoms with Gasteiger partial charge in [0.25, 0.3) is 11.8 Å². The Kier molecular flexibility index (Phi) is 5.43. The number of nitrogens with zero attached hydrogens (tertiary/aromatic N) is 2. The van der Waals surface area contributed by atoms with Crippen LogP contribution in [0.2, 0.25) is 0 Å². The first-order valence-electron chi connectivity index (χ1n) is 10.3. The van der Waals surface area contributed by atoms with E-state index in [2.05, 4.69) is 10.3 Å². The zero-order valence-corrected chi connectivity index (χ0v) is 17.9. The van der Waals surface area contributed by atoms with Crippen molar-refractivity contribution in [1.82, 2.24) is 15.2 Å². The van der Waals surface area contributed by atoms with Crippen LogP contribution in [-0.2, 0) is 9.47 Å². The molecule has 2 atom stereocenters. The Labute approximate surface area is 184 Å². The molecule has 160 valence electrons. The number of benzene rings is 1. The minimum atomic E-state index is -0.214. The van der Waals surface area contributed by atoms with Crippen LogP contribution in [0.15, 0.2) is 48.7 Å². The number of thiophene rings is 1. The molecule has 0 aliphatic carbocycles. The van der Waals surface area contributed by atoms with Gasteiger partial charge in [-0.1, -0.05) is 18.2 Å². The second-order valence-electron chi connectivity index (χ2n) is 7.91. The van der Waals surface area contributed by atoms with Gasteiger partial charge in [0, 0.05) is 29.5 Å². The molecule has 2 amide bonds. The number of carbonyl (C=O) groups is 2. The molecule has 7 nitrogen and oxygen atoms in total. The van der Waals surface area contributed by atoms with Crippen LogP contribution in [-0.4, -0.2) is 66.3 Å². The number of para-hydroxylation sites is 1. The lowest BCUT2D eigenvalue weighted by Crippen LogP contribution is -2.41. The lowest BCUT2D eigenvalue weighted by Gasteiger charge is -2.20. The van der Waals surface area contributed by atoms with Gasteiger partial charge >= 0.3 is 0 Å². The van der Waals surface area contributed by atoms with Crippen LogP contribution in [0.5, 0.6) is 0 Å². The van der Waals surface area contributed by atoms with Crippen LogP contribution < -0.4 is 5.32 Å². The van der Waals surface area contributed by atoms with Crippen LogP contribution in [0.25, 0.3) is 10.9 Å². The summed E-state index contributed by atoms with van der Waals surface area (Å²) in [5.41, 5.74) is 1.44. The van der Waals surface area contributed by atoms with Gasteiger partial charge in [-0.25, -0.2) is 0 Å². The fraction of sp³-hybridized carbons (Fsp3) is 0.348. The Morgan fingerprint density at radius 2 is 1.81 bits per heavy atom. The van der Waals surface area contributed by atoms with Crippen LogP contribution in [0, 0.1) is 6.92 Å². The smallest absolute Gasteiger partial charge is 0.261 e. The van der Waals surface area contributed by atoms with E-state index in [4.69, 9.17) is 9.47 Å². The van der Waals surface area contributed by atoms with Gasteiger partial charge in [0.05, 0.1) is 35.2 Å². The van der Waals surface area contributed by atoms with Crippen LogP contribution in [0.4, 0.5) is 0 Å². The minimum Gasteiger partial charge on any atom is -0.371 e. The molecule has 2 aliphatic rings. The summed E-state index contributed by atoms with van der Waals surface area (Å²) in [6.45, 7) is 3.62. The minimum absolute atomic E-state index is 0.0446. The van der Waals surface area contributed by atoms with Crippen molar-refractivity contribution in [3.8, 4) is 0 Å². The van der Waals surface area contributed by atoms with Crippen molar-refractivity contribution in [3.05, 3.63) is 64.0 Å². The summed E-state index contributed by atoms with van der Waals surface area (Å²) >= 11 is 1.47. The average molecular weight is 438 g/mol. The van der Waals surface area contributed by atoms with Crippen molar-refractivity contribution in [2.45, 2.75) is 25.2 Å². The molecule has 0 bridgehead atoms. The van der Waals surface area contributed by atoms with Gasteiger partial charge in [0.15, 0.2) is 0 Å². The summed E-state index contributed by atoms with van der Waals surface area (Å²) in [5, 5.41) is 3.83. The first-order valence-corrected chi connectivity index (χ1v) is 11.1. The Hall–Kier alpha value is -2.81. The predicted octanol–water partition coefficient (Wildman–Crippen LogP) is 2.64. The maximum absolute atomic E-state index is 13.2. The van der Waals surface area contributed by atoms with Gasteiger partial charge in [-0.15, -0.1) is 11.3 Å². The Bertz CT molecular complexity index is 1110. The second kappa shape index (κ2) is 8.37. The number of likely N-dealkylation sites (tertiary alicyclic amines) is 1. The number of nitrogens with one attached hydrogen (secondary N) is 1. The fourth-order valence-electron chi connectivity index (χ4n) is 4.11. The standard InChI is InChI=1S/C23H23N3O4S/c1-14-6-7-21(31-14)22(27)25-15-12-29-19-10-26(11-20(19)30-13-15)23(28)17-8-9-24-18-5-3-2-4-16(17)18/h2-9,15,19-20H,10-13H2,1H3,(H,25,27)/t19-,20-/m0/s1. The van der Waals surface area contributed by atoms with Crippen molar-refractivity contribution >= 4 is 34.1 Å². The summed E-state index contributed by atoms with van der Waals surface area (Å²) in [5.74, 6) is -0.152. The maximum Gasteiger partial charge on any atom is 0.261 e. The Balaban J connectivity index is 1.22. The molecule has 5 rings (SSSR count). The quantitative estimate of drug-likeness (QED) is 0.681. The Morgan fingerprint density at radius 3 is 2.52 bits per heavy atom. The molecule has 2 saturated heterocycles. The molecule has 1 N–H and O–H groups in total. The highest BCUT2D eigenvalue weighted by Crippen LogP contribution is 2.25. The summed E-state index contributed by atoms with van der Waals surface area (Å²) in [6, 6.07) is 12.9. The SMILES string of the molecule is Cc1ccc(C(=O)NC2CO[C@H]3CN(C(=O)c4ccnc5ccccc45)C[C@@H]3OC2)s1. The van der Waals surface area contributed by atoms with Gasteiger partial charge in [0.1, 0.15) is 12.2 Å². The third-order valence-electron chi connectivity index (χ3n) is 5.70. The fourth-order valence-corrected chi connectivity index (χ4v) is 4.88. The molecule has 0 unspecified atom stereocenters. The van der Waals surface area contributed by atoms with E-state index in [0.29, 0.717) is 36.7 Å². The molecule has 2 aliphatic heterocycles. The predicted molar refractivity (Wildman–Crippen MR) is 117 cm³/mol. The monoisotopic (exact) mass is 437 g/mol. The molecule has 0 radical (unpaired) electrons. The number of aryl methyl sites for hydroxylation is 1. The van der Waals surface area contributed by atoms with E-state index in [1.807, 2.05) is 43.3 Å². The largest absolute Gasteiger partial charge is 0.371 e. The van der Waals surface area contributed by atoms with Crippen molar-refractivity contribution in [1.29, 1.82) is 0 Å². The molecule has 1 aromatic carbocycles. The maximum atomic E-state index is 13.2. The highest BCUT2D eigenvalue weighted by Gasteiger charge is 2.40. The number of hydrogen-bond donors (Lipinski definition) is 1. The average Bonchev–Trinajstić information content (AvgIpc) is 3.36. The number of hydrogen-bond acceptors (Lipinski definition) is 6. The zero-order chi connectivity index (χ0) is 21.4. The first kappa shape index (κ1) is 20.1. The van der Waals surface area contributed by atoms with Crippen molar-refractivity contribution in [3.63, 3.8) is 0 Å². The van der Waals surface area contributed by atoms with E-state index in [9.17, 15) is 9.59 Å². The second-order valence-corrected chi connectivity index (χ2v) is 9.20. The number of ether oxygens (including phenoxy) is 2. The lowest BCUT2D eigenvalue weighted by molar-refractivity contribution is -0.00461. The lowest BCUT2D eigenvalue weighted by atomic mass is 10.1. The molecule has 3 aromatic rings. The van der Waals surface area contributed by atoms with Gasteiger partial charge < -0.3 is 19.7 Å². The van der Waals surface area contributed by atoms with E-state index in [0.717, 1.165) is 15.8 Å². The Morgan fingerprint density at radius 1 is 1.06 bits per heavy atom. The third-order valence-corrected chi connectivity index (χ3v) is 6.70. The number of carbonyl (C=O) groups excluding carboxylic acids is 2. The summed E-state index contributed by atoms with van der Waals surface area (Å²) in [4.78, 5) is 33.5. The summed E-state index contributed by atoms with van der Waals surface area (Å²) in [6.07, 6.45) is 1.25. The van der Waals surface area contributed by atoms with Gasteiger partial charge in [-0.05, 0) is 31.2 Å². The van der Waals surface area contributed by atoms with Crippen LogP contribution in [0.1, 0.15) is 24.9 Å². The number of amides is 2. The summed E-state index contributed by atoms with van der Waals surface area (Å²) < 4.78 is 12.1. The summed E-state index contributed by atoms with van der Waals surface area (Å²) in [7, 11) is 0. The van der Waals surface area contributed by atoms with E-state index in [1.165, 1.54) is 11.3 Å². The molecule has 31 heavy (non-hydrogen) atoms. The number of pyridine rings is 1. The molecule has 2 fully saturated rings. The molecule has 0 spiro atoms. The van der Waals surface area contributed by atoms with E-state index in [1.54, 1.807) is 17.2 Å². The molecule has 0 saturated carbocycles. The molecule has 2 aromatic heterocycles. The molecular formula is C23H23N3O4S. The number of rotatable bonds is 3. The van der Waals surface area contributed by atoms with Crippen LogP contribution in [0.3, 0.4) is 0 Å². The third kappa shape index (κ3) is 4.06. The highest BCUT2D eigenvalue weighted by atomic mass is 32.1. The number of fused-ring (bicyclic) bond motifs is 2. The normalized spacial score (nSPS) is 21.6. The first-order chi connectivity index (χ1) is 15.1. The molecular weight excluding hydrogens is 414 g/mol. The number of aromatic nitrogens is 1. The van der Waals surface area contributed by atoms with Gasteiger partial charge in [-0.3, -0.25) is 14.6 Å². The van der Waals surface area contributed by atoms with Crippen molar-refractivity contribution < 1.29 is 19.1 Å². The van der Waals surface area contributed by atoms with E-state index in [-0.39, 0.29) is 30.1 Å². The van der Waals surface area contributed by atoms with Crippen molar-refractivity contribution in [2.24, 2.45) is 0 Å². The highest BCUT2D eigenvalue weighted by molar-refractivity contribution is 7.13. The molecule has 4 heterocycles.